The molecule has 2 aliphatic rings. The Kier molecular flexibility index (Phi) is 5.99. The third kappa shape index (κ3) is 3.70. The molecule has 0 amide bonds. The van der Waals surface area contributed by atoms with Crippen LogP contribution in [0.15, 0.2) is 30.5 Å². The van der Waals surface area contributed by atoms with Crippen molar-refractivity contribution in [1.82, 2.24) is 20.3 Å². The summed E-state index contributed by atoms with van der Waals surface area (Å²) < 4.78 is 19.0. The lowest BCUT2D eigenvalue weighted by Crippen LogP contribution is -2.41. The number of aromatic nitrogens is 1. The van der Waals surface area contributed by atoms with E-state index in [1.807, 2.05) is 0 Å². The fourth-order valence-electron chi connectivity index (χ4n) is 4.84. The minimum absolute atomic E-state index is 0.176. The molecule has 0 bridgehead atoms. The summed E-state index contributed by atoms with van der Waals surface area (Å²) in [6.07, 6.45) is 3.32. The molecule has 29 heavy (non-hydrogen) atoms. The molecule has 1 fully saturated rings. The van der Waals surface area contributed by atoms with E-state index in [0.29, 0.717) is 29.2 Å². The zero-order valence-corrected chi connectivity index (χ0v) is 17.8. The number of rotatable bonds is 7. The molecule has 1 saturated heterocycles. The first-order chi connectivity index (χ1) is 14.2. The molecule has 1 aromatic heterocycles. The van der Waals surface area contributed by atoms with Gasteiger partial charge in [-0.1, -0.05) is 6.92 Å². The lowest BCUT2D eigenvalue weighted by Gasteiger charge is -2.38. The molecule has 7 nitrogen and oxygen atoms in total. The molecule has 0 saturated carbocycles. The topological polar surface area (TPSA) is 59.9 Å². The summed E-state index contributed by atoms with van der Waals surface area (Å²) in [7, 11) is 4.95. The van der Waals surface area contributed by atoms with E-state index < -0.39 is 0 Å². The maximum absolute atomic E-state index is 5.56. The van der Waals surface area contributed by atoms with Crippen LogP contribution in [-0.4, -0.2) is 50.4 Å². The van der Waals surface area contributed by atoms with E-state index in [2.05, 4.69) is 57.7 Å². The average Bonchev–Trinajstić information content (AvgIpc) is 3.41. The second kappa shape index (κ2) is 8.65. The minimum Gasteiger partial charge on any atom is -0.493 e. The first kappa shape index (κ1) is 20.1. The Hall–Kier alpha value is -2.22. The summed E-state index contributed by atoms with van der Waals surface area (Å²) in [5.74, 6) is 2.45. The van der Waals surface area contributed by atoms with Crippen LogP contribution in [0, 0.1) is 5.92 Å². The van der Waals surface area contributed by atoms with Crippen molar-refractivity contribution in [2.24, 2.45) is 5.92 Å². The molecule has 3 atom stereocenters. The molecule has 7 heteroatoms. The summed E-state index contributed by atoms with van der Waals surface area (Å²) in [4.78, 5) is 2.64. The SMILES string of the molecule is CCC1c2cccn2CCN1CC1CNNC1c1cc(OC)c(OC)c(OC)c1. The Morgan fingerprint density at radius 1 is 1.07 bits per heavy atom. The Morgan fingerprint density at radius 2 is 1.83 bits per heavy atom. The van der Waals surface area contributed by atoms with Gasteiger partial charge in [-0.25, -0.2) is 5.43 Å². The van der Waals surface area contributed by atoms with Crippen molar-refractivity contribution in [1.29, 1.82) is 0 Å². The number of methoxy groups -OCH3 is 3. The molecule has 3 heterocycles. The van der Waals surface area contributed by atoms with Gasteiger partial charge in [-0.3, -0.25) is 10.3 Å². The van der Waals surface area contributed by atoms with Gasteiger partial charge in [0.2, 0.25) is 5.75 Å². The summed E-state index contributed by atoms with van der Waals surface area (Å²) >= 11 is 0. The van der Waals surface area contributed by atoms with Crippen molar-refractivity contribution < 1.29 is 14.2 Å². The number of benzene rings is 1. The lowest BCUT2D eigenvalue weighted by molar-refractivity contribution is 0.127. The summed E-state index contributed by atoms with van der Waals surface area (Å²) in [5.41, 5.74) is 9.41. The highest BCUT2D eigenvalue weighted by molar-refractivity contribution is 5.54. The van der Waals surface area contributed by atoms with E-state index in [9.17, 15) is 0 Å². The van der Waals surface area contributed by atoms with Crippen LogP contribution in [0.25, 0.3) is 0 Å². The van der Waals surface area contributed by atoms with Crippen LogP contribution in [-0.2, 0) is 6.54 Å². The molecule has 2 aromatic rings. The predicted molar refractivity (Wildman–Crippen MR) is 113 cm³/mol. The number of hydrazine groups is 1. The lowest BCUT2D eigenvalue weighted by atomic mass is 9.92. The normalized spacial score (nSPS) is 24.3. The van der Waals surface area contributed by atoms with E-state index in [1.54, 1.807) is 21.3 Å². The molecule has 1 aromatic carbocycles. The van der Waals surface area contributed by atoms with Gasteiger partial charge in [0.05, 0.1) is 27.4 Å². The monoisotopic (exact) mass is 400 g/mol. The van der Waals surface area contributed by atoms with Gasteiger partial charge in [-0.05, 0) is 36.2 Å². The van der Waals surface area contributed by atoms with Crippen LogP contribution < -0.4 is 25.1 Å². The van der Waals surface area contributed by atoms with E-state index in [4.69, 9.17) is 14.2 Å². The van der Waals surface area contributed by atoms with E-state index in [1.165, 1.54) is 5.69 Å². The van der Waals surface area contributed by atoms with Gasteiger partial charge < -0.3 is 18.8 Å². The van der Waals surface area contributed by atoms with E-state index in [-0.39, 0.29) is 6.04 Å². The largest absolute Gasteiger partial charge is 0.493 e. The first-order valence-corrected chi connectivity index (χ1v) is 10.4. The average molecular weight is 401 g/mol. The maximum atomic E-state index is 5.56. The molecule has 0 radical (unpaired) electrons. The molecule has 2 aliphatic heterocycles. The van der Waals surface area contributed by atoms with Gasteiger partial charge in [-0.15, -0.1) is 0 Å². The van der Waals surface area contributed by atoms with Crippen molar-refractivity contribution in [2.45, 2.75) is 32.0 Å². The molecule has 0 aliphatic carbocycles. The number of nitrogens with zero attached hydrogens (tertiary/aromatic N) is 2. The second-order valence-corrected chi connectivity index (χ2v) is 7.77. The molecule has 4 rings (SSSR count). The molecule has 0 spiro atoms. The van der Waals surface area contributed by atoms with Gasteiger partial charge in [0.1, 0.15) is 0 Å². The third-order valence-corrected chi connectivity index (χ3v) is 6.27. The number of nitrogens with one attached hydrogen (secondary N) is 2. The summed E-state index contributed by atoms with van der Waals surface area (Å²) in [6.45, 7) is 6.38. The highest BCUT2D eigenvalue weighted by Gasteiger charge is 2.34. The van der Waals surface area contributed by atoms with Gasteiger partial charge >= 0.3 is 0 Å². The first-order valence-electron chi connectivity index (χ1n) is 10.4. The highest BCUT2D eigenvalue weighted by Crippen LogP contribution is 2.42. The van der Waals surface area contributed by atoms with Crippen molar-refractivity contribution >= 4 is 0 Å². The van der Waals surface area contributed by atoms with Crippen LogP contribution in [0.1, 0.15) is 36.7 Å². The van der Waals surface area contributed by atoms with Crippen molar-refractivity contribution in [3.63, 3.8) is 0 Å². The number of ether oxygens (including phenoxy) is 3. The zero-order valence-electron chi connectivity index (χ0n) is 17.8. The van der Waals surface area contributed by atoms with Crippen LogP contribution >= 0.6 is 0 Å². The van der Waals surface area contributed by atoms with Gasteiger partial charge in [0.15, 0.2) is 11.5 Å². The Morgan fingerprint density at radius 3 is 2.48 bits per heavy atom. The summed E-state index contributed by atoms with van der Waals surface area (Å²) in [6, 6.07) is 9.19. The number of fused-ring (bicyclic) bond motifs is 1. The Balaban J connectivity index is 1.57. The smallest absolute Gasteiger partial charge is 0.203 e. The molecule has 3 unspecified atom stereocenters. The Labute approximate surface area is 172 Å². The maximum Gasteiger partial charge on any atom is 0.203 e. The predicted octanol–water partition coefficient (Wildman–Crippen LogP) is 2.75. The molecular formula is C22H32N4O3. The summed E-state index contributed by atoms with van der Waals surface area (Å²) in [5, 5.41) is 0. The van der Waals surface area contributed by atoms with E-state index >= 15 is 0 Å². The van der Waals surface area contributed by atoms with Crippen LogP contribution in [0.2, 0.25) is 0 Å². The van der Waals surface area contributed by atoms with E-state index in [0.717, 1.165) is 38.2 Å². The molecule has 158 valence electrons. The standard InChI is InChI=1S/C22H32N4O3/c1-5-17-18-7-6-8-25(18)9-10-26(17)14-16-13-23-24-21(16)15-11-19(27-2)22(29-4)20(12-15)28-3/h6-8,11-12,16-17,21,23-24H,5,9-10,13-14H2,1-4H3. The van der Waals surface area contributed by atoms with Gasteiger partial charge in [-0.2, -0.15) is 0 Å². The van der Waals surface area contributed by atoms with Crippen molar-refractivity contribution in [3.8, 4) is 17.2 Å². The van der Waals surface area contributed by atoms with Crippen molar-refractivity contribution in [3.05, 3.63) is 41.7 Å². The quantitative estimate of drug-likeness (QED) is 0.745. The van der Waals surface area contributed by atoms with Gasteiger partial charge in [0.25, 0.3) is 0 Å². The van der Waals surface area contributed by atoms with Crippen LogP contribution in [0.4, 0.5) is 0 Å². The zero-order chi connectivity index (χ0) is 20.4. The van der Waals surface area contributed by atoms with Crippen molar-refractivity contribution in [2.75, 3.05) is 41.0 Å². The minimum atomic E-state index is 0.176. The molecular weight excluding hydrogens is 368 g/mol. The third-order valence-electron chi connectivity index (χ3n) is 6.27. The number of hydrogen-bond acceptors (Lipinski definition) is 6. The number of hydrogen-bond donors (Lipinski definition) is 2. The highest BCUT2D eigenvalue weighted by atomic mass is 16.5. The van der Waals surface area contributed by atoms with Crippen LogP contribution in [0.5, 0.6) is 17.2 Å². The fraction of sp³-hybridized carbons (Fsp3) is 0.545. The second-order valence-electron chi connectivity index (χ2n) is 7.77. The van der Waals surface area contributed by atoms with Crippen LogP contribution in [0.3, 0.4) is 0 Å². The Bertz CT molecular complexity index is 812. The molecule has 2 N–H and O–H groups in total. The fourth-order valence-corrected chi connectivity index (χ4v) is 4.84. The van der Waals surface area contributed by atoms with Gasteiger partial charge in [0, 0.05) is 50.0 Å².